The van der Waals surface area contributed by atoms with Gasteiger partial charge in [0.2, 0.25) is 0 Å². The van der Waals surface area contributed by atoms with Crippen LogP contribution in [0.25, 0.3) is 0 Å². The van der Waals surface area contributed by atoms with E-state index in [2.05, 4.69) is 0 Å². The molecule has 0 aliphatic rings. The van der Waals surface area contributed by atoms with Gasteiger partial charge in [0.1, 0.15) is 12.0 Å². The quantitative estimate of drug-likeness (QED) is 0.587. The van der Waals surface area contributed by atoms with Gasteiger partial charge in [0.25, 0.3) is 0 Å². The van der Waals surface area contributed by atoms with E-state index in [1.807, 2.05) is 13.8 Å². The van der Waals surface area contributed by atoms with Crippen molar-refractivity contribution in [1.82, 2.24) is 0 Å². The fourth-order valence-electron chi connectivity index (χ4n) is 2.36. The Kier molecular flexibility index (Phi) is 6.22. The van der Waals surface area contributed by atoms with E-state index in [1.54, 1.807) is 18.2 Å². The fourth-order valence-corrected chi connectivity index (χ4v) is 2.36. The minimum atomic E-state index is -1.21. The molecular weight excluding hydrogens is 288 g/mol. The molecule has 0 aromatic heterocycles. The van der Waals surface area contributed by atoms with Crippen molar-refractivity contribution in [2.24, 2.45) is 0 Å². The average Bonchev–Trinajstić information content (AvgIpc) is 2.51. The monoisotopic (exact) mass is 310 g/mol. The lowest BCUT2D eigenvalue weighted by atomic mass is 9.88. The largest absolute Gasteiger partial charge is 0.493 e. The highest BCUT2D eigenvalue weighted by Gasteiger charge is 2.34. The van der Waals surface area contributed by atoms with E-state index in [-0.39, 0.29) is 0 Å². The number of ether oxygens (including phenoxy) is 3. The normalized spacial score (nSPS) is 10.9. The Morgan fingerprint density at radius 3 is 2.14 bits per heavy atom. The fraction of sp³-hybridized carbons (Fsp3) is 0.500. The van der Waals surface area contributed by atoms with Crippen LogP contribution in [-0.2, 0) is 19.9 Å². The number of benzene rings is 1. The van der Waals surface area contributed by atoms with E-state index in [4.69, 9.17) is 19.3 Å². The number of hydrogen-bond acceptors (Lipinski definition) is 5. The minimum Gasteiger partial charge on any atom is -0.493 e. The number of carboxylic acid groups (broad SMARTS) is 1. The number of carbonyl (C=O) groups excluding carboxylic acids is 1. The molecule has 0 saturated carbocycles. The van der Waals surface area contributed by atoms with Gasteiger partial charge in [-0.25, -0.2) is 0 Å². The van der Waals surface area contributed by atoms with Gasteiger partial charge >= 0.3 is 11.9 Å². The van der Waals surface area contributed by atoms with E-state index < -0.39 is 24.0 Å². The minimum absolute atomic E-state index is 0.518. The molecule has 0 saturated heterocycles. The molecule has 0 fully saturated rings. The van der Waals surface area contributed by atoms with Crippen molar-refractivity contribution < 1.29 is 28.9 Å². The lowest BCUT2D eigenvalue weighted by Gasteiger charge is -2.32. The molecule has 1 aromatic carbocycles. The Morgan fingerprint density at radius 2 is 1.68 bits per heavy atom. The molecule has 0 radical (unpaired) electrons. The smallest absolute Gasteiger partial charge is 0.318 e. The molecule has 0 amide bonds. The Labute approximate surface area is 130 Å². The second-order valence-electron chi connectivity index (χ2n) is 4.82. The first-order valence-corrected chi connectivity index (χ1v) is 7.08. The molecule has 22 heavy (non-hydrogen) atoms. The Bertz CT molecular complexity index is 533. The summed E-state index contributed by atoms with van der Waals surface area (Å²) in [5.41, 5.74) is -0.139. The maximum atomic E-state index is 11.8. The predicted molar refractivity (Wildman–Crippen MR) is 80.2 cm³/mol. The van der Waals surface area contributed by atoms with Crippen LogP contribution < -0.4 is 9.47 Å². The highest BCUT2D eigenvalue weighted by atomic mass is 16.6. The van der Waals surface area contributed by atoms with Crippen LogP contribution in [0.3, 0.4) is 0 Å². The summed E-state index contributed by atoms with van der Waals surface area (Å²) in [7, 11) is 3.06. The Balaban J connectivity index is 3.18. The summed E-state index contributed by atoms with van der Waals surface area (Å²) in [6.45, 7) is 3.77. The van der Waals surface area contributed by atoms with Gasteiger partial charge in [0.15, 0.2) is 11.5 Å². The van der Waals surface area contributed by atoms with Gasteiger partial charge < -0.3 is 19.3 Å². The number of carbonyl (C=O) groups is 2. The zero-order valence-electron chi connectivity index (χ0n) is 13.3. The maximum Gasteiger partial charge on any atom is 0.318 e. The lowest BCUT2D eigenvalue weighted by Crippen LogP contribution is -2.32. The third-order valence-electron chi connectivity index (χ3n) is 3.66. The molecule has 0 unspecified atom stereocenters. The molecule has 0 atom stereocenters. The van der Waals surface area contributed by atoms with Crippen LogP contribution in [0.1, 0.15) is 38.7 Å². The maximum absolute atomic E-state index is 11.8. The van der Waals surface area contributed by atoms with E-state index in [9.17, 15) is 9.59 Å². The average molecular weight is 310 g/mol. The highest BCUT2D eigenvalue weighted by Crippen LogP contribution is 2.38. The van der Waals surface area contributed by atoms with Gasteiger partial charge in [0.05, 0.1) is 14.2 Å². The molecule has 6 heteroatoms. The summed E-state index contributed by atoms with van der Waals surface area (Å²) in [6, 6.07) is 5.28. The van der Waals surface area contributed by atoms with Crippen molar-refractivity contribution in [3.05, 3.63) is 23.8 Å². The first-order valence-electron chi connectivity index (χ1n) is 7.08. The third-order valence-corrected chi connectivity index (χ3v) is 3.66. The summed E-state index contributed by atoms with van der Waals surface area (Å²) in [5.74, 6) is -0.867. The van der Waals surface area contributed by atoms with Crippen molar-refractivity contribution in [2.75, 3.05) is 14.2 Å². The summed E-state index contributed by atoms with van der Waals surface area (Å²) in [4.78, 5) is 22.4. The van der Waals surface area contributed by atoms with Crippen molar-refractivity contribution in [2.45, 2.75) is 38.7 Å². The first kappa shape index (κ1) is 17.8. The van der Waals surface area contributed by atoms with E-state index >= 15 is 0 Å². The highest BCUT2D eigenvalue weighted by molar-refractivity contribution is 5.90. The van der Waals surface area contributed by atoms with Crippen LogP contribution in [0, 0.1) is 0 Å². The van der Waals surface area contributed by atoms with Crippen molar-refractivity contribution >= 4 is 11.9 Å². The lowest BCUT2D eigenvalue weighted by molar-refractivity contribution is -0.165. The molecular formula is C16H22O6. The number of esters is 1. The Hall–Kier alpha value is -2.24. The Morgan fingerprint density at radius 1 is 1.09 bits per heavy atom. The molecule has 0 aliphatic carbocycles. The standard InChI is InChI=1S/C16H22O6/c1-5-16(6-2,22-15(19)10-14(17)18)11-7-8-12(20-3)13(9-11)21-4/h7-9H,5-6,10H2,1-4H3,(H,17,18). The first-order chi connectivity index (χ1) is 10.4. The number of methoxy groups -OCH3 is 2. The van der Waals surface area contributed by atoms with E-state index in [1.165, 1.54) is 14.2 Å². The summed E-state index contributed by atoms with van der Waals surface area (Å²) >= 11 is 0. The zero-order valence-corrected chi connectivity index (χ0v) is 13.3. The van der Waals surface area contributed by atoms with Crippen molar-refractivity contribution in [1.29, 1.82) is 0 Å². The summed E-state index contributed by atoms with van der Waals surface area (Å²) in [5, 5.41) is 8.71. The van der Waals surface area contributed by atoms with E-state index in [0.717, 1.165) is 5.56 Å². The molecule has 122 valence electrons. The van der Waals surface area contributed by atoms with Gasteiger partial charge in [-0.05, 0) is 30.5 Å². The van der Waals surface area contributed by atoms with Gasteiger partial charge in [-0.3, -0.25) is 9.59 Å². The second kappa shape index (κ2) is 7.68. The van der Waals surface area contributed by atoms with Crippen LogP contribution in [-0.4, -0.2) is 31.3 Å². The molecule has 1 rings (SSSR count). The molecule has 0 aliphatic heterocycles. The third kappa shape index (κ3) is 3.90. The summed E-state index contributed by atoms with van der Waals surface area (Å²) < 4.78 is 16.0. The number of hydrogen-bond donors (Lipinski definition) is 1. The summed E-state index contributed by atoms with van der Waals surface area (Å²) in [6.07, 6.45) is 0.379. The van der Waals surface area contributed by atoms with E-state index in [0.29, 0.717) is 24.3 Å². The second-order valence-corrected chi connectivity index (χ2v) is 4.82. The number of rotatable bonds is 8. The van der Waals surface area contributed by atoms with Crippen LogP contribution in [0.15, 0.2) is 18.2 Å². The zero-order chi connectivity index (χ0) is 16.8. The van der Waals surface area contributed by atoms with Crippen LogP contribution in [0.2, 0.25) is 0 Å². The number of aliphatic carboxylic acids is 1. The van der Waals surface area contributed by atoms with Crippen LogP contribution in [0.4, 0.5) is 0 Å². The molecule has 0 heterocycles. The topological polar surface area (TPSA) is 82.1 Å². The molecule has 0 bridgehead atoms. The molecule has 0 spiro atoms. The van der Waals surface area contributed by atoms with Gasteiger partial charge in [-0.1, -0.05) is 19.9 Å². The SMILES string of the molecule is CCC(CC)(OC(=O)CC(=O)O)c1ccc(OC)c(OC)c1. The van der Waals surface area contributed by atoms with Crippen molar-refractivity contribution in [3.8, 4) is 11.5 Å². The van der Waals surface area contributed by atoms with Crippen LogP contribution >= 0.6 is 0 Å². The van der Waals surface area contributed by atoms with Crippen LogP contribution in [0.5, 0.6) is 11.5 Å². The van der Waals surface area contributed by atoms with Gasteiger partial charge in [-0.15, -0.1) is 0 Å². The number of carboxylic acids is 1. The van der Waals surface area contributed by atoms with Gasteiger partial charge in [-0.2, -0.15) is 0 Å². The predicted octanol–water partition coefficient (Wildman–Crippen LogP) is 2.74. The molecule has 1 aromatic rings. The molecule has 1 N–H and O–H groups in total. The molecule has 6 nitrogen and oxygen atoms in total. The van der Waals surface area contributed by atoms with Gasteiger partial charge in [0, 0.05) is 0 Å². The van der Waals surface area contributed by atoms with Crippen molar-refractivity contribution in [3.63, 3.8) is 0 Å².